The molecule has 3 rings (SSSR count). The number of carbonyl (C=O) groups excluding carboxylic acids is 1. The minimum atomic E-state index is -0.422. The van der Waals surface area contributed by atoms with Crippen molar-refractivity contribution in [3.8, 4) is 11.4 Å². The Labute approximate surface area is 168 Å². The van der Waals surface area contributed by atoms with E-state index >= 15 is 0 Å². The Morgan fingerprint density at radius 1 is 1.11 bits per heavy atom. The number of thioether (sulfide) groups is 1. The Morgan fingerprint density at radius 3 is 2.46 bits per heavy atom. The van der Waals surface area contributed by atoms with Gasteiger partial charge in [-0.2, -0.15) is 0 Å². The maximum Gasteiger partial charge on any atom is 0.287 e. The standard InChI is InChI=1S/C22H22N2O3S/c1-14-5-6-17(13-15(14)2)20(25)16(3)28-21-22(26)24(12-11-23-21)18-7-9-19(27-4)10-8-18/h5-13,16H,1-4H3. The number of aryl methyl sites for hydroxylation is 2. The van der Waals surface area contributed by atoms with Crippen LogP contribution < -0.4 is 10.3 Å². The molecule has 1 aromatic heterocycles. The summed E-state index contributed by atoms with van der Waals surface area (Å²) in [5.74, 6) is 0.696. The molecule has 6 heteroatoms. The number of methoxy groups -OCH3 is 1. The molecule has 3 aromatic rings. The van der Waals surface area contributed by atoms with Gasteiger partial charge in [-0.15, -0.1) is 0 Å². The van der Waals surface area contributed by atoms with E-state index in [0.29, 0.717) is 22.0 Å². The predicted octanol–water partition coefficient (Wildman–Crippen LogP) is 4.22. The van der Waals surface area contributed by atoms with Crippen LogP contribution in [0.2, 0.25) is 0 Å². The van der Waals surface area contributed by atoms with E-state index in [1.165, 1.54) is 16.3 Å². The zero-order valence-corrected chi connectivity index (χ0v) is 17.1. The lowest BCUT2D eigenvalue weighted by molar-refractivity contribution is 0.0994. The number of carbonyl (C=O) groups is 1. The molecular weight excluding hydrogens is 372 g/mol. The lowest BCUT2D eigenvalue weighted by atomic mass is 10.0. The SMILES string of the molecule is COc1ccc(-n2ccnc(SC(C)C(=O)c3ccc(C)c(C)c3)c2=O)cc1. The minimum absolute atomic E-state index is 0.0193. The smallest absolute Gasteiger partial charge is 0.287 e. The van der Waals surface area contributed by atoms with Gasteiger partial charge in [-0.25, -0.2) is 4.98 Å². The summed E-state index contributed by atoms with van der Waals surface area (Å²) < 4.78 is 6.67. The van der Waals surface area contributed by atoms with Gasteiger partial charge >= 0.3 is 0 Å². The molecule has 1 heterocycles. The fourth-order valence-electron chi connectivity index (χ4n) is 2.77. The van der Waals surface area contributed by atoms with Gasteiger partial charge in [0.25, 0.3) is 5.56 Å². The second-order valence-corrected chi connectivity index (χ2v) is 7.86. The van der Waals surface area contributed by atoms with Crippen molar-refractivity contribution in [1.29, 1.82) is 0 Å². The van der Waals surface area contributed by atoms with Gasteiger partial charge in [0.15, 0.2) is 10.8 Å². The van der Waals surface area contributed by atoms with Crippen LogP contribution in [0.15, 0.2) is 64.7 Å². The molecule has 0 radical (unpaired) electrons. The van der Waals surface area contributed by atoms with Crippen LogP contribution >= 0.6 is 11.8 Å². The third kappa shape index (κ3) is 4.17. The van der Waals surface area contributed by atoms with Crippen LogP contribution in [-0.2, 0) is 0 Å². The van der Waals surface area contributed by atoms with Crippen LogP contribution in [0.3, 0.4) is 0 Å². The predicted molar refractivity (Wildman–Crippen MR) is 112 cm³/mol. The molecule has 0 aliphatic rings. The van der Waals surface area contributed by atoms with E-state index in [0.717, 1.165) is 11.1 Å². The number of rotatable bonds is 6. The zero-order valence-electron chi connectivity index (χ0n) is 16.3. The lowest BCUT2D eigenvalue weighted by Gasteiger charge is -2.12. The Balaban J connectivity index is 1.84. The first-order valence-electron chi connectivity index (χ1n) is 8.91. The second-order valence-electron chi connectivity index (χ2n) is 6.53. The summed E-state index contributed by atoms with van der Waals surface area (Å²) in [7, 11) is 1.59. The lowest BCUT2D eigenvalue weighted by Crippen LogP contribution is -2.23. The quantitative estimate of drug-likeness (QED) is 0.463. The third-order valence-corrected chi connectivity index (χ3v) is 5.68. The van der Waals surface area contributed by atoms with Crippen molar-refractivity contribution >= 4 is 17.5 Å². The first-order valence-corrected chi connectivity index (χ1v) is 9.79. The van der Waals surface area contributed by atoms with Gasteiger partial charge in [-0.05, 0) is 62.2 Å². The maximum atomic E-state index is 12.9. The molecule has 5 nitrogen and oxygen atoms in total. The third-order valence-electron chi connectivity index (χ3n) is 4.61. The average molecular weight is 394 g/mol. The molecule has 0 bridgehead atoms. The Bertz CT molecular complexity index is 1060. The molecule has 0 saturated heterocycles. The molecule has 144 valence electrons. The highest BCUT2D eigenvalue weighted by Crippen LogP contribution is 2.23. The minimum Gasteiger partial charge on any atom is -0.497 e. The number of ether oxygens (including phenoxy) is 1. The van der Waals surface area contributed by atoms with Crippen molar-refractivity contribution in [2.45, 2.75) is 31.0 Å². The summed E-state index contributed by atoms with van der Waals surface area (Å²) in [6.45, 7) is 5.79. The molecular formula is C22H22N2O3S. The topological polar surface area (TPSA) is 61.2 Å². The van der Waals surface area contributed by atoms with Crippen molar-refractivity contribution in [3.05, 3.63) is 81.9 Å². The van der Waals surface area contributed by atoms with Gasteiger partial charge in [-0.1, -0.05) is 23.9 Å². The molecule has 0 aliphatic carbocycles. The molecule has 0 fully saturated rings. The molecule has 0 aliphatic heterocycles. The summed E-state index contributed by atoms with van der Waals surface area (Å²) >= 11 is 1.18. The van der Waals surface area contributed by atoms with Crippen molar-refractivity contribution in [3.63, 3.8) is 0 Å². The van der Waals surface area contributed by atoms with Gasteiger partial charge in [0.05, 0.1) is 12.4 Å². The summed E-state index contributed by atoms with van der Waals surface area (Å²) in [5.41, 5.74) is 3.32. The first-order chi connectivity index (χ1) is 13.4. The monoisotopic (exact) mass is 394 g/mol. The Morgan fingerprint density at radius 2 is 1.82 bits per heavy atom. The fraction of sp³-hybridized carbons (Fsp3) is 0.227. The van der Waals surface area contributed by atoms with Crippen LogP contribution in [0.5, 0.6) is 5.75 Å². The van der Waals surface area contributed by atoms with E-state index in [-0.39, 0.29) is 11.3 Å². The van der Waals surface area contributed by atoms with Gasteiger partial charge in [0.2, 0.25) is 0 Å². The summed E-state index contributed by atoms with van der Waals surface area (Å²) in [5, 5.41) is -0.128. The average Bonchev–Trinajstić information content (AvgIpc) is 2.71. The summed E-state index contributed by atoms with van der Waals surface area (Å²) in [4.78, 5) is 29.8. The van der Waals surface area contributed by atoms with Gasteiger partial charge in [0, 0.05) is 23.6 Å². The molecule has 1 unspecified atom stereocenters. The van der Waals surface area contributed by atoms with Gasteiger partial charge < -0.3 is 4.74 Å². The van der Waals surface area contributed by atoms with E-state index in [9.17, 15) is 9.59 Å². The molecule has 0 N–H and O–H groups in total. The van der Waals surface area contributed by atoms with Crippen molar-refractivity contribution < 1.29 is 9.53 Å². The van der Waals surface area contributed by atoms with Gasteiger partial charge in [0.1, 0.15) is 5.75 Å². The number of hydrogen-bond acceptors (Lipinski definition) is 5. The fourth-order valence-corrected chi connectivity index (χ4v) is 3.67. The largest absolute Gasteiger partial charge is 0.497 e. The van der Waals surface area contributed by atoms with Crippen molar-refractivity contribution in [2.75, 3.05) is 7.11 Å². The van der Waals surface area contributed by atoms with Crippen LogP contribution in [0.4, 0.5) is 0 Å². The number of ketones is 1. The first kappa shape index (κ1) is 19.9. The number of hydrogen-bond donors (Lipinski definition) is 0. The number of nitrogens with zero attached hydrogens (tertiary/aromatic N) is 2. The van der Waals surface area contributed by atoms with Crippen LogP contribution in [0, 0.1) is 13.8 Å². The molecule has 0 amide bonds. The molecule has 1 atom stereocenters. The zero-order chi connectivity index (χ0) is 20.3. The number of Topliss-reactive ketones (excluding diaryl/α,β-unsaturated/α-hetero) is 1. The Kier molecular flexibility index (Phi) is 5.99. The number of benzene rings is 2. The summed E-state index contributed by atoms with van der Waals surface area (Å²) in [6.07, 6.45) is 3.19. The van der Waals surface area contributed by atoms with Crippen molar-refractivity contribution in [1.82, 2.24) is 9.55 Å². The second kappa shape index (κ2) is 8.44. The number of aromatic nitrogens is 2. The molecule has 0 spiro atoms. The normalized spacial score (nSPS) is 11.9. The highest BCUT2D eigenvalue weighted by molar-refractivity contribution is 8.00. The Hall–Kier alpha value is -2.86. The van der Waals surface area contributed by atoms with E-state index in [1.807, 2.05) is 32.0 Å². The van der Waals surface area contributed by atoms with Gasteiger partial charge in [-0.3, -0.25) is 14.2 Å². The van der Waals surface area contributed by atoms with E-state index in [2.05, 4.69) is 4.98 Å². The molecule has 2 aromatic carbocycles. The maximum absolute atomic E-state index is 12.9. The molecule has 0 saturated carbocycles. The van der Waals surface area contributed by atoms with E-state index in [4.69, 9.17) is 4.74 Å². The van der Waals surface area contributed by atoms with Crippen LogP contribution in [0.25, 0.3) is 5.69 Å². The summed E-state index contributed by atoms with van der Waals surface area (Å²) in [6, 6.07) is 12.9. The molecule has 28 heavy (non-hydrogen) atoms. The van der Waals surface area contributed by atoms with E-state index in [1.54, 1.807) is 50.7 Å². The van der Waals surface area contributed by atoms with Crippen LogP contribution in [0.1, 0.15) is 28.4 Å². The van der Waals surface area contributed by atoms with E-state index < -0.39 is 5.25 Å². The highest BCUT2D eigenvalue weighted by atomic mass is 32.2. The van der Waals surface area contributed by atoms with Crippen LogP contribution in [-0.4, -0.2) is 27.7 Å². The van der Waals surface area contributed by atoms with Crippen molar-refractivity contribution in [2.24, 2.45) is 0 Å². The highest BCUT2D eigenvalue weighted by Gasteiger charge is 2.20.